The van der Waals surface area contributed by atoms with Crippen molar-refractivity contribution < 1.29 is 22.7 Å². The zero-order valence-corrected chi connectivity index (χ0v) is 15.8. The SMILES string of the molecule is CC1CCNCC1NC(=O)CCS(=O)(=O)c1ccc2c(c1)OCCCO2. The summed E-state index contributed by atoms with van der Waals surface area (Å²) in [6.07, 6.45) is 1.70. The number of fused-ring (bicyclic) bond motifs is 1. The second-order valence-corrected chi connectivity index (χ2v) is 8.98. The van der Waals surface area contributed by atoms with Crippen LogP contribution in [-0.2, 0) is 14.6 Å². The number of benzene rings is 1. The van der Waals surface area contributed by atoms with Gasteiger partial charge in [-0.3, -0.25) is 4.79 Å². The van der Waals surface area contributed by atoms with Crippen LogP contribution >= 0.6 is 0 Å². The third kappa shape index (κ3) is 4.67. The number of sulfone groups is 1. The minimum absolute atomic E-state index is 0.0528. The van der Waals surface area contributed by atoms with Gasteiger partial charge in [-0.25, -0.2) is 8.42 Å². The van der Waals surface area contributed by atoms with Gasteiger partial charge in [-0.05, 0) is 31.0 Å². The molecule has 144 valence electrons. The van der Waals surface area contributed by atoms with Crippen molar-refractivity contribution in [2.75, 3.05) is 32.1 Å². The molecule has 0 spiro atoms. The highest BCUT2D eigenvalue weighted by Crippen LogP contribution is 2.32. The maximum Gasteiger partial charge on any atom is 0.221 e. The summed E-state index contributed by atoms with van der Waals surface area (Å²) >= 11 is 0. The summed E-state index contributed by atoms with van der Waals surface area (Å²) in [4.78, 5) is 12.3. The van der Waals surface area contributed by atoms with Gasteiger partial charge in [0.2, 0.25) is 5.91 Å². The van der Waals surface area contributed by atoms with Crippen LogP contribution in [0.2, 0.25) is 0 Å². The third-order valence-electron chi connectivity index (χ3n) is 4.85. The normalized spacial score (nSPS) is 23.1. The van der Waals surface area contributed by atoms with Gasteiger partial charge in [0.05, 0.1) is 23.9 Å². The van der Waals surface area contributed by atoms with Crippen molar-refractivity contribution in [1.82, 2.24) is 10.6 Å². The highest BCUT2D eigenvalue weighted by Gasteiger charge is 2.24. The maximum atomic E-state index is 12.6. The Hall–Kier alpha value is -1.80. The van der Waals surface area contributed by atoms with E-state index in [0.717, 1.165) is 25.9 Å². The molecule has 1 aromatic rings. The molecule has 2 N–H and O–H groups in total. The lowest BCUT2D eigenvalue weighted by atomic mass is 9.95. The Balaban J connectivity index is 1.60. The highest BCUT2D eigenvalue weighted by molar-refractivity contribution is 7.91. The van der Waals surface area contributed by atoms with E-state index in [2.05, 4.69) is 17.6 Å². The van der Waals surface area contributed by atoms with Crippen LogP contribution in [0.25, 0.3) is 0 Å². The molecule has 2 unspecified atom stereocenters. The number of carbonyl (C=O) groups is 1. The van der Waals surface area contributed by atoms with Crippen LogP contribution in [0.5, 0.6) is 11.5 Å². The van der Waals surface area contributed by atoms with Gasteiger partial charge >= 0.3 is 0 Å². The summed E-state index contributed by atoms with van der Waals surface area (Å²) in [6, 6.07) is 4.66. The number of hydrogen-bond acceptors (Lipinski definition) is 6. The molecule has 1 aromatic carbocycles. The predicted molar refractivity (Wildman–Crippen MR) is 97.3 cm³/mol. The number of ether oxygens (including phenoxy) is 2. The van der Waals surface area contributed by atoms with Crippen molar-refractivity contribution in [2.45, 2.75) is 37.1 Å². The largest absolute Gasteiger partial charge is 0.490 e. The van der Waals surface area contributed by atoms with Crippen LogP contribution in [-0.4, -0.2) is 52.4 Å². The molecule has 2 heterocycles. The number of carbonyl (C=O) groups excluding carboxylic acids is 1. The molecule has 2 atom stereocenters. The Morgan fingerprint density at radius 2 is 2.04 bits per heavy atom. The first kappa shape index (κ1) is 19.0. The first-order valence-electron chi connectivity index (χ1n) is 9.08. The van der Waals surface area contributed by atoms with E-state index in [1.165, 1.54) is 12.1 Å². The first-order chi connectivity index (χ1) is 12.5. The van der Waals surface area contributed by atoms with E-state index in [4.69, 9.17) is 9.47 Å². The van der Waals surface area contributed by atoms with Crippen LogP contribution in [0.15, 0.2) is 23.1 Å². The molecule has 3 rings (SSSR count). The summed E-state index contributed by atoms with van der Waals surface area (Å²) in [5, 5.41) is 6.18. The van der Waals surface area contributed by atoms with Gasteiger partial charge in [0.15, 0.2) is 21.3 Å². The summed E-state index contributed by atoms with van der Waals surface area (Å²) in [5.41, 5.74) is 0. The molecule has 2 aliphatic rings. The van der Waals surface area contributed by atoms with Crippen LogP contribution < -0.4 is 20.1 Å². The van der Waals surface area contributed by atoms with Gasteiger partial charge in [-0.15, -0.1) is 0 Å². The standard InChI is InChI=1S/C18H26N2O5S/c1-13-5-7-19-12-15(13)20-18(21)6-10-26(22,23)14-3-4-16-17(11-14)25-9-2-8-24-16/h3-4,11,13,15,19H,2,5-10,12H2,1H3,(H,20,21). The van der Waals surface area contributed by atoms with Crippen LogP contribution in [0.3, 0.4) is 0 Å². The van der Waals surface area contributed by atoms with Crippen molar-refractivity contribution in [3.05, 3.63) is 18.2 Å². The zero-order valence-electron chi connectivity index (χ0n) is 15.0. The molecule has 0 aromatic heterocycles. The monoisotopic (exact) mass is 382 g/mol. The fourth-order valence-corrected chi connectivity index (χ4v) is 4.40. The second-order valence-electron chi connectivity index (χ2n) is 6.87. The van der Waals surface area contributed by atoms with Gasteiger partial charge in [0.25, 0.3) is 0 Å². The van der Waals surface area contributed by atoms with Crippen LogP contribution in [0.1, 0.15) is 26.2 Å². The van der Waals surface area contributed by atoms with E-state index in [9.17, 15) is 13.2 Å². The van der Waals surface area contributed by atoms with Crippen molar-refractivity contribution in [1.29, 1.82) is 0 Å². The average molecular weight is 382 g/mol. The molecule has 2 aliphatic heterocycles. The van der Waals surface area contributed by atoms with E-state index < -0.39 is 9.84 Å². The molecule has 0 radical (unpaired) electrons. The Kier molecular flexibility index (Phi) is 6.03. The van der Waals surface area contributed by atoms with Gasteiger partial charge in [-0.1, -0.05) is 6.92 Å². The van der Waals surface area contributed by atoms with Crippen molar-refractivity contribution in [3.63, 3.8) is 0 Å². The Morgan fingerprint density at radius 1 is 1.27 bits per heavy atom. The smallest absolute Gasteiger partial charge is 0.221 e. The fraction of sp³-hybridized carbons (Fsp3) is 0.611. The molecule has 26 heavy (non-hydrogen) atoms. The zero-order chi connectivity index (χ0) is 18.6. The summed E-state index contributed by atoms with van der Waals surface area (Å²) in [5.74, 6) is 0.919. The van der Waals surface area contributed by atoms with E-state index in [0.29, 0.717) is 30.6 Å². The van der Waals surface area contributed by atoms with Gasteiger partial charge in [-0.2, -0.15) is 0 Å². The molecule has 1 amide bonds. The lowest BCUT2D eigenvalue weighted by Crippen LogP contribution is -2.50. The lowest BCUT2D eigenvalue weighted by molar-refractivity contribution is -0.121. The van der Waals surface area contributed by atoms with Gasteiger partial charge < -0.3 is 20.1 Å². The van der Waals surface area contributed by atoms with Crippen molar-refractivity contribution in [3.8, 4) is 11.5 Å². The topological polar surface area (TPSA) is 93.7 Å². The van der Waals surface area contributed by atoms with E-state index >= 15 is 0 Å². The minimum atomic E-state index is -3.57. The Bertz CT molecular complexity index is 750. The first-order valence-corrected chi connectivity index (χ1v) is 10.7. The molecular formula is C18H26N2O5S. The van der Waals surface area contributed by atoms with Crippen LogP contribution in [0, 0.1) is 5.92 Å². The number of amides is 1. The Labute approximate surface area is 154 Å². The number of rotatable bonds is 5. The van der Waals surface area contributed by atoms with Crippen LogP contribution in [0.4, 0.5) is 0 Å². The molecule has 0 bridgehead atoms. The third-order valence-corrected chi connectivity index (χ3v) is 6.56. The fourth-order valence-electron chi connectivity index (χ4n) is 3.14. The predicted octanol–water partition coefficient (Wildman–Crippen LogP) is 1.13. The molecule has 7 nitrogen and oxygen atoms in total. The van der Waals surface area contributed by atoms with Gasteiger partial charge in [0, 0.05) is 31.5 Å². The van der Waals surface area contributed by atoms with Gasteiger partial charge in [0.1, 0.15) is 0 Å². The Morgan fingerprint density at radius 3 is 2.81 bits per heavy atom. The second kappa shape index (κ2) is 8.26. The average Bonchev–Trinajstić information content (AvgIpc) is 2.87. The summed E-state index contributed by atoms with van der Waals surface area (Å²) in [6.45, 7) is 4.81. The molecule has 8 heteroatoms. The highest BCUT2D eigenvalue weighted by atomic mass is 32.2. The molecule has 1 saturated heterocycles. The number of nitrogens with one attached hydrogen (secondary N) is 2. The number of hydrogen-bond donors (Lipinski definition) is 2. The molecule has 0 aliphatic carbocycles. The molecule has 1 fully saturated rings. The summed E-state index contributed by atoms with van der Waals surface area (Å²) in [7, 11) is -3.57. The summed E-state index contributed by atoms with van der Waals surface area (Å²) < 4.78 is 36.2. The minimum Gasteiger partial charge on any atom is -0.490 e. The number of piperidine rings is 1. The van der Waals surface area contributed by atoms with E-state index in [-0.39, 0.29) is 29.0 Å². The van der Waals surface area contributed by atoms with Crippen molar-refractivity contribution in [2.24, 2.45) is 5.92 Å². The maximum absolute atomic E-state index is 12.6. The van der Waals surface area contributed by atoms with E-state index in [1.54, 1.807) is 6.07 Å². The molecular weight excluding hydrogens is 356 g/mol. The lowest BCUT2D eigenvalue weighted by Gasteiger charge is -2.30. The van der Waals surface area contributed by atoms with E-state index in [1.807, 2.05) is 0 Å². The van der Waals surface area contributed by atoms with Crippen molar-refractivity contribution >= 4 is 15.7 Å². The molecule has 0 saturated carbocycles. The quantitative estimate of drug-likeness (QED) is 0.793.